The summed E-state index contributed by atoms with van der Waals surface area (Å²) in [7, 11) is -4.40. The van der Waals surface area contributed by atoms with Gasteiger partial charge in [0.2, 0.25) is 5.91 Å². The van der Waals surface area contributed by atoms with Gasteiger partial charge in [-0.3, -0.25) is 9.35 Å². The highest BCUT2D eigenvalue weighted by atomic mass is 32.2. The Labute approximate surface area is 291 Å². The van der Waals surface area contributed by atoms with Gasteiger partial charge in [0.05, 0.1) is 17.9 Å². The predicted octanol–water partition coefficient (Wildman–Crippen LogP) is 10.4. The minimum absolute atomic E-state index is 0.292. The van der Waals surface area contributed by atoms with Crippen LogP contribution in [0.1, 0.15) is 206 Å². The van der Waals surface area contributed by atoms with Crippen molar-refractivity contribution in [1.29, 1.82) is 0 Å². The zero-order valence-electron chi connectivity index (χ0n) is 30.8. The lowest BCUT2D eigenvalue weighted by molar-refractivity contribution is -0.131. The van der Waals surface area contributed by atoms with Crippen LogP contribution in [0.3, 0.4) is 0 Å². The molecule has 0 aliphatic heterocycles. The highest BCUT2D eigenvalue weighted by Gasteiger charge is 2.28. The standard InChI is InChI=1S/C39H77NO6S/c1-3-5-7-9-11-13-15-17-19-20-22-24-26-28-30-32-34-38(42)39(43)40-36(35-47(44,45)46)37(41)33-31-29-27-25-23-21-18-16-14-12-10-8-6-4-2/h17,19,36-38,41-42H,3-16,18,20-35H2,1-2H3,(H,40,43)(H,44,45,46)/b19-17-. The Hall–Kier alpha value is -0.960. The van der Waals surface area contributed by atoms with Crippen LogP contribution in [-0.2, 0) is 14.9 Å². The number of unbranched alkanes of at least 4 members (excludes halogenated alkanes) is 25. The van der Waals surface area contributed by atoms with Crippen LogP contribution in [0.5, 0.6) is 0 Å². The second-order valence-corrected chi connectivity index (χ2v) is 15.6. The molecule has 0 bridgehead atoms. The SMILES string of the molecule is CCCCCCCC/C=C\CCCCCCCCC(O)C(=O)NC(CS(=O)(=O)O)C(O)CCCCCCCCCCCCCCCC. The molecule has 0 heterocycles. The number of nitrogens with one attached hydrogen (secondary N) is 1. The lowest BCUT2D eigenvalue weighted by atomic mass is 10.0. The molecule has 0 aromatic carbocycles. The quantitative estimate of drug-likeness (QED) is 0.0295. The normalized spacial score (nSPS) is 14.1. The molecule has 0 aliphatic carbocycles. The summed E-state index contributed by atoms with van der Waals surface area (Å²) in [6.07, 6.45) is 36.5. The van der Waals surface area contributed by atoms with Gasteiger partial charge in [-0.25, -0.2) is 0 Å². The number of hydrogen-bond acceptors (Lipinski definition) is 5. The van der Waals surface area contributed by atoms with E-state index in [0.717, 1.165) is 51.4 Å². The number of allylic oxidation sites excluding steroid dienone is 2. The molecule has 47 heavy (non-hydrogen) atoms. The molecule has 3 unspecified atom stereocenters. The van der Waals surface area contributed by atoms with Crippen molar-refractivity contribution in [2.24, 2.45) is 0 Å². The number of carbonyl (C=O) groups is 1. The zero-order valence-corrected chi connectivity index (χ0v) is 31.6. The van der Waals surface area contributed by atoms with Crippen molar-refractivity contribution in [3.63, 3.8) is 0 Å². The highest BCUT2D eigenvalue weighted by molar-refractivity contribution is 7.85. The zero-order chi connectivity index (χ0) is 34.9. The number of aliphatic hydroxyl groups excluding tert-OH is 2. The average Bonchev–Trinajstić information content (AvgIpc) is 3.03. The van der Waals surface area contributed by atoms with Gasteiger partial charge in [-0.1, -0.05) is 180 Å². The summed E-state index contributed by atoms with van der Waals surface area (Å²) in [5.74, 6) is -1.45. The first-order chi connectivity index (χ1) is 22.7. The maximum atomic E-state index is 12.6. The second-order valence-electron chi connectivity index (χ2n) is 14.1. The van der Waals surface area contributed by atoms with Gasteiger partial charge in [-0.05, 0) is 38.5 Å². The lowest BCUT2D eigenvalue weighted by Crippen LogP contribution is -2.50. The number of aliphatic hydroxyl groups is 2. The van der Waals surface area contributed by atoms with Crippen molar-refractivity contribution in [3.05, 3.63) is 12.2 Å². The molecule has 0 fully saturated rings. The van der Waals surface area contributed by atoms with Gasteiger partial charge in [-0.2, -0.15) is 8.42 Å². The molecule has 8 heteroatoms. The van der Waals surface area contributed by atoms with Crippen LogP contribution in [0.2, 0.25) is 0 Å². The Balaban J connectivity index is 4.00. The molecule has 3 atom stereocenters. The lowest BCUT2D eigenvalue weighted by Gasteiger charge is -2.24. The maximum absolute atomic E-state index is 12.6. The monoisotopic (exact) mass is 688 g/mol. The van der Waals surface area contributed by atoms with Gasteiger partial charge in [-0.15, -0.1) is 0 Å². The van der Waals surface area contributed by atoms with E-state index >= 15 is 0 Å². The van der Waals surface area contributed by atoms with E-state index in [0.29, 0.717) is 19.3 Å². The first-order valence-electron chi connectivity index (χ1n) is 20.0. The second kappa shape index (κ2) is 33.5. The van der Waals surface area contributed by atoms with Gasteiger partial charge >= 0.3 is 0 Å². The highest BCUT2D eigenvalue weighted by Crippen LogP contribution is 2.16. The smallest absolute Gasteiger partial charge is 0.266 e. The van der Waals surface area contributed by atoms with Crippen molar-refractivity contribution in [2.75, 3.05) is 5.75 Å². The van der Waals surface area contributed by atoms with Crippen LogP contribution in [0.4, 0.5) is 0 Å². The molecule has 7 nitrogen and oxygen atoms in total. The Bertz CT molecular complexity index is 818. The summed E-state index contributed by atoms with van der Waals surface area (Å²) < 4.78 is 32.5. The minimum atomic E-state index is -4.40. The summed E-state index contributed by atoms with van der Waals surface area (Å²) in [4.78, 5) is 12.6. The van der Waals surface area contributed by atoms with Crippen molar-refractivity contribution in [3.8, 4) is 0 Å². The topological polar surface area (TPSA) is 124 Å². The van der Waals surface area contributed by atoms with E-state index in [4.69, 9.17) is 0 Å². The van der Waals surface area contributed by atoms with Gasteiger partial charge in [0.1, 0.15) is 6.10 Å². The fourth-order valence-corrected chi connectivity index (χ4v) is 6.98. The molecule has 1 amide bonds. The largest absolute Gasteiger partial charge is 0.391 e. The number of amides is 1. The molecule has 0 saturated carbocycles. The van der Waals surface area contributed by atoms with Crippen molar-refractivity contribution in [2.45, 2.75) is 225 Å². The van der Waals surface area contributed by atoms with Gasteiger partial charge < -0.3 is 15.5 Å². The number of hydrogen-bond donors (Lipinski definition) is 4. The Morgan fingerprint density at radius 3 is 1.28 bits per heavy atom. The fraction of sp³-hybridized carbons (Fsp3) is 0.923. The number of rotatable bonds is 36. The third-order valence-electron chi connectivity index (χ3n) is 9.33. The van der Waals surface area contributed by atoms with E-state index in [1.165, 1.54) is 122 Å². The first kappa shape index (κ1) is 46.0. The third kappa shape index (κ3) is 33.3. The Morgan fingerprint density at radius 1 is 0.553 bits per heavy atom. The van der Waals surface area contributed by atoms with Crippen LogP contribution in [0, 0.1) is 0 Å². The molecule has 0 spiro atoms. The van der Waals surface area contributed by atoms with E-state index in [2.05, 4.69) is 31.3 Å². The van der Waals surface area contributed by atoms with E-state index in [9.17, 15) is 28.0 Å². The van der Waals surface area contributed by atoms with E-state index in [1.807, 2.05) is 0 Å². The van der Waals surface area contributed by atoms with E-state index < -0.39 is 40.0 Å². The van der Waals surface area contributed by atoms with Crippen LogP contribution >= 0.6 is 0 Å². The number of carbonyl (C=O) groups excluding carboxylic acids is 1. The fourth-order valence-electron chi connectivity index (χ4n) is 6.22. The van der Waals surface area contributed by atoms with Crippen molar-refractivity contribution >= 4 is 16.0 Å². The maximum Gasteiger partial charge on any atom is 0.266 e. The van der Waals surface area contributed by atoms with Crippen molar-refractivity contribution in [1.82, 2.24) is 5.32 Å². The summed E-state index contributed by atoms with van der Waals surface area (Å²) in [6.45, 7) is 4.50. The molecule has 280 valence electrons. The van der Waals surface area contributed by atoms with Crippen LogP contribution in [0.25, 0.3) is 0 Å². The molecule has 0 aliphatic rings. The molecule has 4 N–H and O–H groups in total. The molecular weight excluding hydrogens is 610 g/mol. The predicted molar refractivity (Wildman–Crippen MR) is 199 cm³/mol. The molecule has 0 rings (SSSR count). The van der Waals surface area contributed by atoms with Crippen LogP contribution < -0.4 is 5.32 Å². The summed E-state index contributed by atoms with van der Waals surface area (Å²) >= 11 is 0. The van der Waals surface area contributed by atoms with Gasteiger partial charge in [0, 0.05) is 0 Å². The summed E-state index contributed by atoms with van der Waals surface area (Å²) in [6, 6.07) is -1.14. The molecular formula is C39H77NO6S. The molecule has 0 aromatic heterocycles. The van der Waals surface area contributed by atoms with Crippen molar-refractivity contribution < 1.29 is 28.0 Å². The van der Waals surface area contributed by atoms with E-state index in [1.54, 1.807) is 0 Å². The van der Waals surface area contributed by atoms with E-state index in [-0.39, 0.29) is 0 Å². The van der Waals surface area contributed by atoms with Crippen LogP contribution in [-0.4, -0.2) is 53.1 Å². The van der Waals surface area contributed by atoms with Gasteiger partial charge in [0.25, 0.3) is 10.1 Å². The molecule has 0 radical (unpaired) electrons. The Morgan fingerprint density at radius 2 is 0.894 bits per heavy atom. The Kier molecular flexibility index (Phi) is 32.8. The third-order valence-corrected chi connectivity index (χ3v) is 10.1. The first-order valence-corrected chi connectivity index (χ1v) is 21.6. The molecule has 0 aromatic rings. The summed E-state index contributed by atoms with van der Waals surface area (Å²) in [5, 5.41) is 23.5. The minimum Gasteiger partial charge on any atom is -0.391 e. The van der Waals surface area contributed by atoms with Crippen LogP contribution in [0.15, 0.2) is 12.2 Å². The molecule has 0 saturated heterocycles. The summed E-state index contributed by atoms with van der Waals surface area (Å²) in [5.41, 5.74) is 0. The van der Waals surface area contributed by atoms with Gasteiger partial charge in [0.15, 0.2) is 0 Å². The average molecular weight is 688 g/mol.